The largest absolute Gasteiger partial charge is 0.455 e. The SMILES string of the molecule is c1ccc(-c2ccccc2-n2c3ccccc3c3ccccc32)c(-c2ccc(N(c3ccc(-c4ccc5ccccc5c4)cc3)c3ccc(-c4ccccc4-c4cccc5c4oc4ccccc45)cc3)cc2)c1. The second-order valence-electron chi connectivity index (χ2n) is 18.8. The molecule has 0 fully saturated rings. The summed E-state index contributed by atoms with van der Waals surface area (Å²) in [5.41, 5.74) is 20.1. The second kappa shape index (κ2) is 17.6. The van der Waals surface area contributed by atoms with Crippen LogP contribution < -0.4 is 4.90 Å². The maximum Gasteiger partial charge on any atom is 0.143 e. The van der Waals surface area contributed by atoms with Crippen LogP contribution in [-0.2, 0) is 0 Å². The molecular formula is C70H46N2O. The van der Waals surface area contributed by atoms with E-state index in [2.05, 4.69) is 276 Å². The van der Waals surface area contributed by atoms with Crippen LogP contribution in [0, 0.1) is 0 Å². The van der Waals surface area contributed by atoms with Gasteiger partial charge in [-0.05, 0) is 122 Å². The minimum atomic E-state index is 0.898. The summed E-state index contributed by atoms with van der Waals surface area (Å²) in [6, 6.07) is 101. The Hall–Kier alpha value is -9.70. The van der Waals surface area contributed by atoms with Gasteiger partial charge in [0.1, 0.15) is 11.2 Å². The molecule has 0 bridgehead atoms. The molecule has 0 aliphatic heterocycles. The molecular weight excluding hydrogens is 885 g/mol. The average molecular weight is 931 g/mol. The van der Waals surface area contributed by atoms with Gasteiger partial charge in [-0.2, -0.15) is 0 Å². The van der Waals surface area contributed by atoms with Crippen molar-refractivity contribution >= 4 is 71.6 Å². The third kappa shape index (κ3) is 7.29. The monoisotopic (exact) mass is 930 g/mol. The molecule has 0 aliphatic rings. The quantitative estimate of drug-likeness (QED) is 0.144. The van der Waals surface area contributed by atoms with Gasteiger partial charge in [-0.15, -0.1) is 0 Å². The molecule has 73 heavy (non-hydrogen) atoms. The molecule has 0 saturated carbocycles. The summed E-state index contributed by atoms with van der Waals surface area (Å²) in [7, 11) is 0. The van der Waals surface area contributed by atoms with Crippen LogP contribution >= 0.6 is 0 Å². The Kier molecular flexibility index (Phi) is 10.2. The second-order valence-corrected chi connectivity index (χ2v) is 18.8. The zero-order chi connectivity index (χ0) is 48.2. The Labute approximate surface area is 423 Å². The van der Waals surface area contributed by atoms with Gasteiger partial charge in [-0.3, -0.25) is 0 Å². The number of aromatic nitrogens is 1. The van der Waals surface area contributed by atoms with Crippen molar-refractivity contribution in [3.63, 3.8) is 0 Å². The topological polar surface area (TPSA) is 21.3 Å². The van der Waals surface area contributed by atoms with Crippen molar-refractivity contribution in [2.45, 2.75) is 0 Å². The molecule has 0 amide bonds. The number of anilines is 3. The van der Waals surface area contributed by atoms with Crippen LogP contribution in [0.4, 0.5) is 17.1 Å². The number of fused-ring (bicyclic) bond motifs is 7. The summed E-state index contributed by atoms with van der Waals surface area (Å²) in [4.78, 5) is 2.36. The lowest BCUT2D eigenvalue weighted by atomic mass is 9.93. The fourth-order valence-electron chi connectivity index (χ4n) is 11.2. The Morgan fingerprint density at radius 3 is 1.34 bits per heavy atom. The molecule has 0 aliphatic carbocycles. The van der Waals surface area contributed by atoms with E-state index in [-0.39, 0.29) is 0 Å². The molecule has 3 heteroatoms. The van der Waals surface area contributed by atoms with Gasteiger partial charge in [0.05, 0.1) is 16.7 Å². The van der Waals surface area contributed by atoms with Gasteiger partial charge in [0, 0.05) is 49.7 Å². The van der Waals surface area contributed by atoms with Crippen molar-refractivity contribution in [2.24, 2.45) is 0 Å². The first kappa shape index (κ1) is 42.2. The van der Waals surface area contributed by atoms with E-state index in [1.54, 1.807) is 0 Å². The van der Waals surface area contributed by atoms with Gasteiger partial charge in [-0.25, -0.2) is 0 Å². The van der Waals surface area contributed by atoms with E-state index in [0.29, 0.717) is 0 Å². The highest BCUT2D eigenvalue weighted by Crippen LogP contribution is 2.44. The Bertz CT molecular complexity index is 4310. The Morgan fingerprint density at radius 2 is 0.712 bits per heavy atom. The zero-order valence-corrected chi connectivity index (χ0v) is 39.9. The fourth-order valence-corrected chi connectivity index (χ4v) is 11.2. The summed E-state index contributed by atoms with van der Waals surface area (Å²) >= 11 is 0. The molecule has 0 saturated heterocycles. The first-order chi connectivity index (χ1) is 36.2. The van der Waals surface area contributed by atoms with Crippen molar-refractivity contribution in [1.29, 1.82) is 0 Å². The molecule has 2 heterocycles. The number of benzene rings is 12. The zero-order valence-electron chi connectivity index (χ0n) is 39.9. The van der Waals surface area contributed by atoms with E-state index in [4.69, 9.17) is 4.42 Å². The lowest BCUT2D eigenvalue weighted by Gasteiger charge is -2.26. The number of furan rings is 1. The molecule has 12 aromatic carbocycles. The molecule has 0 atom stereocenters. The predicted octanol–water partition coefficient (Wildman–Crippen LogP) is 19.6. The lowest BCUT2D eigenvalue weighted by molar-refractivity contribution is 0.670. The van der Waals surface area contributed by atoms with Crippen molar-refractivity contribution in [1.82, 2.24) is 4.57 Å². The smallest absolute Gasteiger partial charge is 0.143 e. The first-order valence-corrected chi connectivity index (χ1v) is 25.0. The van der Waals surface area contributed by atoms with E-state index >= 15 is 0 Å². The van der Waals surface area contributed by atoms with Gasteiger partial charge >= 0.3 is 0 Å². The van der Waals surface area contributed by atoms with Crippen molar-refractivity contribution in [2.75, 3.05) is 4.90 Å². The van der Waals surface area contributed by atoms with Crippen molar-refractivity contribution in [3.8, 4) is 61.3 Å². The molecule has 0 radical (unpaired) electrons. The first-order valence-electron chi connectivity index (χ1n) is 25.0. The predicted molar refractivity (Wildman–Crippen MR) is 307 cm³/mol. The average Bonchev–Trinajstić information content (AvgIpc) is 4.02. The molecule has 3 nitrogen and oxygen atoms in total. The van der Waals surface area contributed by atoms with Crippen LogP contribution in [0.5, 0.6) is 0 Å². The standard InChI is InChI=1S/C70H46N2O/c1-2-17-51-46-52(33-32-47(51)16-1)48-34-40-53(41-35-48)71(55-44-38-50(39-45-55)57-19-4-6-21-59(57)64-26-15-27-65-63-25-10-14-31-69(63)73-70(64)65)54-42-36-49(37-43-54)56-18-3-5-20-58(56)60-22-7-11-28-66(60)72-67-29-12-8-23-61(67)62-24-9-13-30-68(62)72/h1-46H. The summed E-state index contributed by atoms with van der Waals surface area (Å²) in [5.74, 6) is 0. The maximum absolute atomic E-state index is 6.54. The van der Waals surface area contributed by atoms with E-state index in [0.717, 1.165) is 72.5 Å². The van der Waals surface area contributed by atoms with Gasteiger partial charge in [0.2, 0.25) is 0 Å². The highest BCUT2D eigenvalue weighted by Gasteiger charge is 2.20. The van der Waals surface area contributed by atoms with E-state index in [9.17, 15) is 0 Å². The molecule has 14 aromatic rings. The Morgan fingerprint density at radius 1 is 0.274 bits per heavy atom. The van der Waals surface area contributed by atoms with Crippen LogP contribution in [-0.4, -0.2) is 4.57 Å². The van der Waals surface area contributed by atoms with E-state index in [1.807, 2.05) is 12.1 Å². The van der Waals surface area contributed by atoms with Crippen LogP contribution in [0.15, 0.2) is 283 Å². The highest BCUT2D eigenvalue weighted by molar-refractivity contribution is 6.11. The molecule has 0 unspecified atom stereocenters. The van der Waals surface area contributed by atoms with Crippen LogP contribution in [0.25, 0.3) is 116 Å². The van der Waals surface area contributed by atoms with Crippen LogP contribution in [0.1, 0.15) is 0 Å². The minimum absolute atomic E-state index is 0.898. The van der Waals surface area contributed by atoms with E-state index in [1.165, 1.54) is 60.4 Å². The minimum Gasteiger partial charge on any atom is -0.455 e. The summed E-state index contributed by atoms with van der Waals surface area (Å²) < 4.78 is 8.96. The normalized spacial score (nSPS) is 11.6. The number of nitrogens with zero attached hydrogens (tertiary/aromatic N) is 2. The third-order valence-corrected chi connectivity index (χ3v) is 14.6. The molecule has 14 rings (SSSR count). The molecule has 0 N–H and O–H groups in total. The van der Waals surface area contributed by atoms with E-state index < -0.39 is 0 Å². The summed E-state index contributed by atoms with van der Waals surface area (Å²) in [6.45, 7) is 0. The molecule has 342 valence electrons. The van der Waals surface area contributed by atoms with Gasteiger partial charge in [0.25, 0.3) is 0 Å². The number of rotatable bonds is 9. The van der Waals surface area contributed by atoms with Gasteiger partial charge in [0.15, 0.2) is 0 Å². The molecule has 2 aromatic heterocycles. The lowest BCUT2D eigenvalue weighted by Crippen LogP contribution is -2.09. The number of hydrogen-bond acceptors (Lipinski definition) is 2. The third-order valence-electron chi connectivity index (χ3n) is 14.6. The summed E-state index contributed by atoms with van der Waals surface area (Å²) in [6.07, 6.45) is 0. The number of hydrogen-bond donors (Lipinski definition) is 0. The molecule has 0 spiro atoms. The Balaban J connectivity index is 0.855. The van der Waals surface area contributed by atoms with Gasteiger partial charge in [-0.1, -0.05) is 212 Å². The fraction of sp³-hybridized carbons (Fsp3) is 0. The van der Waals surface area contributed by atoms with Crippen molar-refractivity contribution in [3.05, 3.63) is 279 Å². The maximum atomic E-state index is 6.54. The number of para-hydroxylation sites is 5. The van der Waals surface area contributed by atoms with Crippen molar-refractivity contribution < 1.29 is 4.42 Å². The highest BCUT2D eigenvalue weighted by atomic mass is 16.3. The van der Waals surface area contributed by atoms with Crippen LogP contribution in [0.2, 0.25) is 0 Å². The summed E-state index contributed by atoms with van der Waals surface area (Å²) in [5, 5.41) is 7.23. The van der Waals surface area contributed by atoms with Gasteiger partial charge < -0.3 is 13.9 Å². The van der Waals surface area contributed by atoms with Crippen LogP contribution in [0.3, 0.4) is 0 Å².